The number of aromatic nitrogens is 2. The number of nitrogens with one attached hydrogen (secondary N) is 1. The Balaban J connectivity index is 1.28. The first kappa shape index (κ1) is 21.6. The lowest BCUT2D eigenvalue weighted by molar-refractivity contribution is -0.125. The maximum absolute atomic E-state index is 12.7. The first-order valence-corrected chi connectivity index (χ1v) is 10.9. The lowest BCUT2D eigenvalue weighted by atomic mass is 9.97. The maximum atomic E-state index is 12.7. The van der Waals surface area contributed by atoms with Gasteiger partial charge >= 0.3 is 0 Å². The molecule has 0 aliphatic carbocycles. The minimum absolute atomic E-state index is 0.0605. The third kappa shape index (κ3) is 5.55. The first-order chi connectivity index (χ1) is 15.7. The van der Waals surface area contributed by atoms with Crippen molar-refractivity contribution in [3.05, 3.63) is 67.0 Å². The van der Waals surface area contributed by atoms with E-state index in [1.165, 1.54) is 0 Å². The first-order valence-electron chi connectivity index (χ1n) is 10.9. The average molecular weight is 433 g/mol. The van der Waals surface area contributed by atoms with Crippen LogP contribution in [0.2, 0.25) is 0 Å². The van der Waals surface area contributed by atoms with E-state index in [1.54, 1.807) is 13.4 Å². The van der Waals surface area contributed by atoms with Crippen molar-refractivity contribution in [1.29, 1.82) is 0 Å². The highest BCUT2D eigenvalue weighted by atomic mass is 16.5. The van der Waals surface area contributed by atoms with E-state index >= 15 is 0 Å². The number of nitrogens with zero attached hydrogens (tertiary/aromatic N) is 3. The van der Waals surface area contributed by atoms with E-state index in [0.717, 1.165) is 48.0 Å². The molecule has 1 amide bonds. The molecule has 0 saturated carbocycles. The molecule has 1 aliphatic rings. The van der Waals surface area contributed by atoms with E-state index in [1.807, 2.05) is 60.7 Å². The third-order valence-electron chi connectivity index (χ3n) is 5.57. The van der Waals surface area contributed by atoms with Crippen LogP contribution in [0.25, 0.3) is 11.3 Å². The zero-order chi connectivity index (χ0) is 22.2. The van der Waals surface area contributed by atoms with E-state index in [-0.39, 0.29) is 11.8 Å². The number of hydrogen-bond donors (Lipinski definition) is 1. The van der Waals surface area contributed by atoms with Crippen molar-refractivity contribution in [2.24, 2.45) is 5.92 Å². The summed E-state index contributed by atoms with van der Waals surface area (Å²) in [4.78, 5) is 23.8. The Morgan fingerprint density at radius 3 is 2.66 bits per heavy atom. The third-order valence-corrected chi connectivity index (χ3v) is 5.57. The lowest BCUT2D eigenvalue weighted by Gasteiger charge is -2.33. The number of ether oxygens (including phenoxy) is 2. The van der Waals surface area contributed by atoms with Gasteiger partial charge in [-0.05, 0) is 37.1 Å². The van der Waals surface area contributed by atoms with Gasteiger partial charge in [-0.15, -0.1) is 0 Å². The van der Waals surface area contributed by atoms with Gasteiger partial charge in [0.2, 0.25) is 5.91 Å². The molecule has 0 radical (unpaired) electrons. The Bertz CT molecular complexity index is 1010. The Morgan fingerprint density at radius 1 is 1.09 bits per heavy atom. The van der Waals surface area contributed by atoms with Gasteiger partial charge in [0.25, 0.3) is 0 Å². The Labute approximate surface area is 188 Å². The Kier molecular flexibility index (Phi) is 7.17. The topological polar surface area (TPSA) is 76.6 Å². The van der Waals surface area contributed by atoms with Crippen molar-refractivity contribution in [3.63, 3.8) is 0 Å². The average Bonchev–Trinajstić information content (AvgIpc) is 2.87. The standard InChI is InChI=1S/C25H28N4O3/c1-31-21-9-11-22(12-10-21)32-15-13-26-25(30)20-8-5-14-29(17-20)24-16-23(27-18-28-24)19-6-3-2-4-7-19/h2-4,6-7,9-12,16,18,20H,5,8,13-15,17H2,1H3,(H,26,30). The molecule has 1 N–H and O–H groups in total. The monoisotopic (exact) mass is 432 g/mol. The van der Waals surface area contributed by atoms with E-state index in [2.05, 4.69) is 20.2 Å². The molecule has 32 heavy (non-hydrogen) atoms. The summed E-state index contributed by atoms with van der Waals surface area (Å²) in [5.74, 6) is 2.39. The highest BCUT2D eigenvalue weighted by Crippen LogP contribution is 2.25. The number of carbonyl (C=O) groups excluding carboxylic acids is 1. The van der Waals surface area contributed by atoms with Gasteiger partial charge in [-0.3, -0.25) is 4.79 Å². The van der Waals surface area contributed by atoms with Crippen molar-refractivity contribution in [2.45, 2.75) is 12.8 Å². The van der Waals surface area contributed by atoms with Crippen LogP contribution in [0.15, 0.2) is 67.0 Å². The number of rotatable bonds is 8. The fourth-order valence-electron chi connectivity index (χ4n) is 3.85. The number of benzene rings is 2. The second-order valence-electron chi connectivity index (χ2n) is 7.73. The van der Waals surface area contributed by atoms with Gasteiger partial charge in [0.15, 0.2) is 0 Å². The summed E-state index contributed by atoms with van der Waals surface area (Å²) in [6.07, 6.45) is 3.42. The van der Waals surface area contributed by atoms with Crippen LogP contribution >= 0.6 is 0 Å². The smallest absolute Gasteiger partial charge is 0.225 e. The molecule has 1 fully saturated rings. The van der Waals surface area contributed by atoms with Crippen LogP contribution in [0.4, 0.5) is 5.82 Å². The van der Waals surface area contributed by atoms with Gasteiger partial charge in [0.1, 0.15) is 30.3 Å². The highest BCUT2D eigenvalue weighted by molar-refractivity contribution is 5.79. The van der Waals surface area contributed by atoms with E-state index in [9.17, 15) is 4.79 Å². The zero-order valence-corrected chi connectivity index (χ0v) is 18.2. The van der Waals surface area contributed by atoms with Crippen LogP contribution in [-0.4, -0.2) is 49.2 Å². The van der Waals surface area contributed by atoms with Crippen LogP contribution < -0.4 is 19.7 Å². The molecule has 1 unspecified atom stereocenters. The molecule has 7 heteroatoms. The number of amides is 1. The van der Waals surface area contributed by atoms with Gasteiger partial charge in [-0.25, -0.2) is 9.97 Å². The van der Waals surface area contributed by atoms with Crippen molar-refractivity contribution in [1.82, 2.24) is 15.3 Å². The molecule has 1 atom stereocenters. The SMILES string of the molecule is COc1ccc(OCCNC(=O)C2CCCN(c3cc(-c4ccccc4)ncn3)C2)cc1. The molecule has 1 aliphatic heterocycles. The van der Waals surface area contributed by atoms with Crippen molar-refractivity contribution in [2.75, 3.05) is 38.3 Å². The molecule has 1 saturated heterocycles. The van der Waals surface area contributed by atoms with Crippen molar-refractivity contribution >= 4 is 11.7 Å². The van der Waals surface area contributed by atoms with Gasteiger partial charge in [0, 0.05) is 24.7 Å². The van der Waals surface area contributed by atoms with Gasteiger partial charge in [0.05, 0.1) is 25.3 Å². The number of carbonyl (C=O) groups is 1. The molecule has 2 aromatic carbocycles. The molecule has 166 valence electrons. The quantitative estimate of drug-likeness (QED) is 0.549. The predicted octanol–water partition coefficient (Wildman–Crippen LogP) is 3.56. The molecule has 2 heterocycles. The minimum Gasteiger partial charge on any atom is -0.497 e. The second kappa shape index (κ2) is 10.6. The van der Waals surface area contributed by atoms with Gasteiger partial charge in [-0.2, -0.15) is 0 Å². The predicted molar refractivity (Wildman–Crippen MR) is 124 cm³/mol. The lowest BCUT2D eigenvalue weighted by Crippen LogP contribution is -2.44. The maximum Gasteiger partial charge on any atom is 0.225 e. The van der Waals surface area contributed by atoms with Crippen LogP contribution in [0, 0.1) is 5.92 Å². The summed E-state index contributed by atoms with van der Waals surface area (Å²) in [6, 6.07) is 19.4. The van der Waals surface area contributed by atoms with Crippen LogP contribution in [0.5, 0.6) is 11.5 Å². The Hall–Kier alpha value is -3.61. The number of methoxy groups -OCH3 is 1. The summed E-state index contributed by atoms with van der Waals surface area (Å²) in [5, 5.41) is 3.01. The fraction of sp³-hybridized carbons (Fsp3) is 0.320. The molecule has 3 aromatic rings. The zero-order valence-electron chi connectivity index (χ0n) is 18.2. The van der Waals surface area contributed by atoms with E-state index in [0.29, 0.717) is 19.7 Å². The molecule has 0 bridgehead atoms. The summed E-state index contributed by atoms with van der Waals surface area (Å²) in [6.45, 7) is 2.42. The fourth-order valence-corrected chi connectivity index (χ4v) is 3.85. The highest BCUT2D eigenvalue weighted by Gasteiger charge is 2.26. The normalized spacial score (nSPS) is 15.8. The number of anilines is 1. The summed E-state index contributed by atoms with van der Waals surface area (Å²) in [5.41, 5.74) is 1.94. The second-order valence-corrected chi connectivity index (χ2v) is 7.73. The van der Waals surface area contributed by atoms with Crippen LogP contribution in [0.1, 0.15) is 12.8 Å². The summed E-state index contributed by atoms with van der Waals surface area (Å²) < 4.78 is 10.8. The minimum atomic E-state index is -0.0696. The number of piperidine rings is 1. The largest absolute Gasteiger partial charge is 0.497 e. The summed E-state index contributed by atoms with van der Waals surface area (Å²) >= 11 is 0. The van der Waals surface area contributed by atoms with Gasteiger partial charge < -0.3 is 19.7 Å². The van der Waals surface area contributed by atoms with E-state index in [4.69, 9.17) is 9.47 Å². The number of hydrogen-bond acceptors (Lipinski definition) is 6. The molecule has 4 rings (SSSR count). The van der Waals surface area contributed by atoms with Crippen LogP contribution in [0.3, 0.4) is 0 Å². The molecular formula is C25H28N4O3. The van der Waals surface area contributed by atoms with Gasteiger partial charge in [-0.1, -0.05) is 30.3 Å². The molecule has 0 spiro atoms. The summed E-state index contributed by atoms with van der Waals surface area (Å²) in [7, 11) is 1.63. The van der Waals surface area contributed by atoms with Crippen molar-refractivity contribution < 1.29 is 14.3 Å². The van der Waals surface area contributed by atoms with Crippen LogP contribution in [-0.2, 0) is 4.79 Å². The van der Waals surface area contributed by atoms with Crippen molar-refractivity contribution in [3.8, 4) is 22.8 Å². The molecule has 7 nitrogen and oxygen atoms in total. The Morgan fingerprint density at radius 2 is 1.88 bits per heavy atom. The molecule has 1 aromatic heterocycles. The molecular weight excluding hydrogens is 404 g/mol. The van der Waals surface area contributed by atoms with E-state index < -0.39 is 0 Å².